The lowest BCUT2D eigenvalue weighted by Crippen LogP contribution is -2.37. The van der Waals surface area contributed by atoms with Crippen molar-refractivity contribution in [2.45, 2.75) is 32.7 Å². The van der Waals surface area contributed by atoms with Crippen LogP contribution in [0.1, 0.15) is 37.4 Å². The zero-order valence-electron chi connectivity index (χ0n) is 15.5. The molecule has 6 nitrogen and oxygen atoms in total. The van der Waals surface area contributed by atoms with Gasteiger partial charge in [-0.2, -0.15) is 0 Å². The summed E-state index contributed by atoms with van der Waals surface area (Å²) in [5, 5.41) is 5.31. The number of rotatable bonds is 3. The normalized spacial score (nSPS) is 14.1. The van der Waals surface area contributed by atoms with E-state index in [4.69, 9.17) is 0 Å². The van der Waals surface area contributed by atoms with Crippen LogP contribution in [0.3, 0.4) is 0 Å². The highest BCUT2D eigenvalue weighted by atomic mass is 16.2. The van der Waals surface area contributed by atoms with E-state index in [1.165, 1.54) is 6.92 Å². The molecular weight excluding hydrogens is 342 g/mol. The number of fused-ring (bicyclic) bond motifs is 1. The lowest BCUT2D eigenvalue weighted by molar-refractivity contribution is -0.136. The minimum atomic E-state index is -0.733. The molecule has 0 bridgehead atoms. The van der Waals surface area contributed by atoms with Crippen molar-refractivity contribution in [1.29, 1.82) is 0 Å². The minimum absolute atomic E-state index is 0.0335. The van der Waals surface area contributed by atoms with Gasteiger partial charge >= 0.3 is 11.8 Å². The van der Waals surface area contributed by atoms with Crippen LogP contribution in [-0.2, 0) is 20.8 Å². The number of carbonyl (C=O) groups excluding carboxylic acids is 3. The van der Waals surface area contributed by atoms with E-state index in [1.807, 2.05) is 43.3 Å². The Labute approximate surface area is 158 Å². The molecule has 6 heteroatoms. The molecule has 3 rings (SSSR count). The maximum absolute atomic E-state index is 12.3. The van der Waals surface area contributed by atoms with Crippen LogP contribution < -0.4 is 15.5 Å². The Morgan fingerprint density at radius 2 is 1.78 bits per heavy atom. The molecule has 2 N–H and O–H groups in total. The van der Waals surface area contributed by atoms with Gasteiger partial charge in [0.2, 0.25) is 5.91 Å². The minimum Gasteiger partial charge on any atom is -0.341 e. The highest BCUT2D eigenvalue weighted by molar-refractivity contribution is 6.39. The second-order valence-electron chi connectivity index (χ2n) is 6.68. The van der Waals surface area contributed by atoms with E-state index in [-0.39, 0.29) is 11.9 Å². The average Bonchev–Trinajstić information content (AvgIpc) is 2.67. The maximum atomic E-state index is 12.3. The van der Waals surface area contributed by atoms with Gasteiger partial charge in [0.25, 0.3) is 0 Å². The third-order valence-electron chi connectivity index (χ3n) is 4.70. The predicted octanol–water partition coefficient (Wildman–Crippen LogP) is 2.80. The first-order valence-corrected chi connectivity index (χ1v) is 9.03. The van der Waals surface area contributed by atoms with Crippen LogP contribution in [-0.4, -0.2) is 24.3 Å². The Hall–Kier alpha value is -3.15. The SMILES string of the molecule is CC(=O)N1CCCc2ccc(NC(=O)C(=O)NC(C)c3ccccc3)cc21. The molecule has 0 aromatic heterocycles. The summed E-state index contributed by atoms with van der Waals surface area (Å²) in [5.41, 5.74) is 3.28. The molecule has 1 atom stereocenters. The van der Waals surface area contributed by atoms with Crippen LogP contribution in [0.15, 0.2) is 48.5 Å². The summed E-state index contributed by atoms with van der Waals surface area (Å²) in [6.07, 6.45) is 1.81. The number of anilines is 2. The first-order chi connectivity index (χ1) is 13.0. The van der Waals surface area contributed by atoms with Gasteiger partial charge in [-0.3, -0.25) is 14.4 Å². The molecule has 0 aliphatic carbocycles. The second kappa shape index (κ2) is 8.03. The molecular formula is C21H23N3O3. The van der Waals surface area contributed by atoms with Crippen molar-refractivity contribution < 1.29 is 14.4 Å². The van der Waals surface area contributed by atoms with Gasteiger partial charge in [-0.05, 0) is 43.0 Å². The van der Waals surface area contributed by atoms with Gasteiger partial charge in [0.1, 0.15) is 0 Å². The zero-order valence-corrected chi connectivity index (χ0v) is 15.5. The summed E-state index contributed by atoms with van der Waals surface area (Å²) in [5.74, 6) is -1.47. The van der Waals surface area contributed by atoms with Crippen LogP contribution in [0.5, 0.6) is 0 Å². The van der Waals surface area contributed by atoms with Crippen molar-refractivity contribution in [3.8, 4) is 0 Å². The fourth-order valence-electron chi connectivity index (χ4n) is 3.25. The lowest BCUT2D eigenvalue weighted by atomic mass is 10.0. The summed E-state index contributed by atoms with van der Waals surface area (Å²) in [6.45, 7) is 4.01. The summed E-state index contributed by atoms with van der Waals surface area (Å²) in [4.78, 5) is 38.0. The zero-order chi connectivity index (χ0) is 19.4. The van der Waals surface area contributed by atoms with Gasteiger partial charge in [0.15, 0.2) is 0 Å². The number of hydrogen-bond donors (Lipinski definition) is 2. The number of aryl methyl sites for hydroxylation is 1. The maximum Gasteiger partial charge on any atom is 0.313 e. The fraction of sp³-hybridized carbons (Fsp3) is 0.286. The van der Waals surface area contributed by atoms with Gasteiger partial charge in [0, 0.05) is 24.8 Å². The molecule has 0 saturated carbocycles. The molecule has 0 radical (unpaired) electrons. The van der Waals surface area contributed by atoms with Crippen molar-refractivity contribution in [1.82, 2.24) is 5.32 Å². The third-order valence-corrected chi connectivity index (χ3v) is 4.70. The first kappa shape index (κ1) is 18.6. The molecule has 2 aromatic rings. The molecule has 0 fully saturated rings. The summed E-state index contributed by atoms with van der Waals surface area (Å²) >= 11 is 0. The lowest BCUT2D eigenvalue weighted by Gasteiger charge is -2.29. The van der Waals surface area contributed by atoms with Gasteiger partial charge in [-0.25, -0.2) is 0 Å². The molecule has 3 amide bonds. The molecule has 0 saturated heterocycles. The summed E-state index contributed by atoms with van der Waals surface area (Å²) < 4.78 is 0. The van der Waals surface area contributed by atoms with Crippen LogP contribution in [0.2, 0.25) is 0 Å². The summed E-state index contributed by atoms with van der Waals surface area (Å²) in [7, 11) is 0. The average molecular weight is 365 g/mol. The summed E-state index contributed by atoms with van der Waals surface area (Å²) in [6, 6.07) is 14.6. The quantitative estimate of drug-likeness (QED) is 0.821. The van der Waals surface area contributed by atoms with Gasteiger partial charge in [0.05, 0.1) is 6.04 Å². The van der Waals surface area contributed by atoms with Crippen molar-refractivity contribution in [3.63, 3.8) is 0 Å². The Kier molecular flexibility index (Phi) is 5.54. The number of amides is 3. The van der Waals surface area contributed by atoms with Crippen molar-refractivity contribution in [3.05, 3.63) is 59.7 Å². The van der Waals surface area contributed by atoms with Crippen molar-refractivity contribution in [2.24, 2.45) is 0 Å². The standard InChI is InChI=1S/C21H23N3O3/c1-14(16-7-4-3-5-8-16)22-20(26)21(27)23-18-11-10-17-9-6-12-24(15(2)25)19(17)13-18/h3-5,7-8,10-11,13-14H,6,9,12H2,1-2H3,(H,22,26)(H,23,27). The number of nitrogens with one attached hydrogen (secondary N) is 2. The highest BCUT2D eigenvalue weighted by Crippen LogP contribution is 2.30. The number of nitrogens with zero attached hydrogens (tertiary/aromatic N) is 1. The first-order valence-electron chi connectivity index (χ1n) is 9.03. The molecule has 1 aliphatic rings. The fourth-order valence-corrected chi connectivity index (χ4v) is 3.25. The molecule has 0 spiro atoms. The Balaban J connectivity index is 1.68. The molecule has 1 aliphatic heterocycles. The van der Waals surface area contributed by atoms with Gasteiger partial charge in [-0.1, -0.05) is 36.4 Å². The van der Waals surface area contributed by atoms with Crippen LogP contribution in [0, 0.1) is 0 Å². The largest absolute Gasteiger partial charge is 0.341 e. The van der Waals surface area contributed by atoms with Crippen molar-refractivity contribution >= 4 is 29.1 Å². The van der Waals surface area contributed by atoms with Crippen molar-refractivity contribution in [2.75, 3.05) is 16.8 Å². The third kappa shape index (κ3) is 4.34. The van der Waals surface area contributed by atoms with E-state index in [9.17, 15) is 14.4 Å². The number of carbonyl (C=O) groups is 3. The van der Waals surface area contributed by atoms with E-state index in [0.717, 1.165) is 29.7 Å². The van der Waals surface area contributed by atoms with Gasteiger partial charge < -0.3 is 15.5 Å². The molecule has 140 valence electrons. The number of benzene rings is 2. The second-order valence-corrected chi connectivity index (χ2v) is 6.68. The highest BCUT2D eigenvalue weighted by Gasteiger charge is 2.22. The van der Waals surface area contributed by atoms with E-state index in [1.54, 1.807) is 17.0 Å². The molecule has 27 heavy (non-hydrogen) atoms. The van der Waals surface area contributed by atoms with Crippen LogP contribution in [0.25, 0.3) is 0 Å². The smallest absolute Gasteiger partial charge is 0.313 e. The monoisotopic (exact) mass is 365 g/mol. The Bertz CT molecular complexity index is 864. The number of hydrogen-bond acceptors (Lipinski definition) is 3. The van der Waals surface area contributed by atoms with Crippen LogP contribution in [0.4, 0.5) is 11.4 Å². The topological polar surface area (TPSA) is 78.5 Å². The Morgan fingerprint density at radius 3 is 2.48 bits per heavy atom. The predicted molar refractivity (Wildman–Crippen MR) is 104 cm³/mol. The van der Waals surface area contributed by atoms with E-state index in [2.05, 4.69) is 10.6 Å². The van der Waals surface area contributed by atoms with E-state index < -0.39 is 11.8 Å². The van der Waals surface area contributed by atoms with Crippen LogP contribution >= 0.6 is 0 Å². The van der Waals surface area contributed by atoms with Gasteiger partial charge in [-0.15, -0.1) is 0 Å². The van der Waals surface area contributed by atoms with E-state index >= 15 is 0 Å². The Morgan fingerprint density at radius 1 is 1.04 bits per heavy atom. The molecule has 1 unspecified atom stereocenters. The molecule has 1 heterocycles. The van der Waals surface area contributed by atoms with E-state index in [0.29, 0.717) is 12.2 Å². The molecule has 2 aromatic carbocycles.